The number of carboxylic acids is 2. The lowest BCUT2D eigenvalue weighted by Crippen LogP contribution is -2.29. The van der Waals surface area contributed by atoms with Crippen molar-refractivity contribution < 1.29 is 29.6 Å². The molecule has 0 amide bonds. The maximum absolute atomic E-state index is 11.8. The molecule has 2 rings (SSSR count). The van der Waals surface area contributed by atoms with E-state index in [1.807, 2.05) is 0 Å². The number of fused-ring (bicyclic) bond motifs is 1. The molecule has 1 aromatic rings. The van der Waals surface area contributed by atoms with Gasteiger partial charge in [0.15, 0.2) is 5.69 Å². The van der Waals surface area contributed by atoms with E-state index in [1.54, 1.807) is 0 Å². The third-order valence-electron chi connectivity index (χ3n) is 6.66. The maximum atomic E-state index is 11.8. The van der Waals surface area contributed by atoms with Crippen LogP contribution in [0.25, 0.3) is 0 Å². The van der Waals surface area contributed by atoms with Crippen molar-refractivity contribution in [1.82, 2.24) is 4.98 Å². The van der Waals surface area contributed by atoms with E-state index in [-0.39, 0.29) is 22.6 Å². The van der Waals surface area contributed by atoms with Gasteiger partial charge < -0.3 is 20.1 Å². The largest absolute Gasteiger partial charge is 0.477 e. The Morgan fingerprint density at radius 3 is 1.81 bits per heavy atom. The summed E-state index contributed by atoms with van der Waals surface area (Å²) in [5.74, 6) is -2.41. The first kappa shape index (κ1) is 26.2. The Kier molecular flexibility index (Phi) is 11.1. The molecular weight excluding hydrogens is 410 g/mol. The summed E-state index contributed by atoms with van der Waals surface area (Å²) < 4.78 is 0. The highest BCUT2D eigenvalue weighted by atomic mass is 17.2. The number of H-pyrrole nitrogens is 1. The summed E-state index contributed by atoms with van der Waals surface area (Å²) in [5, 5.41) is 19.2. The minimum atomic E-state index is -1.25. The van der Waals surface area contributed by atoms with Gasteiger partial charge >= 0.3 is 11.9 Å². The summed E-state index contributed by atoms with van der Waals surface area (Å²) in [7, 11) is 0. The van der Waals surface area contributed by atoms with Gasteiger partial charge in [-0.2, -0.15) is 4.89 Å². The first-order valence-electron chi connectivity index (χ1n) is 12.4. The molecule has 0 aliphatic carbocycles. The number of hydrogen-bond donors (Lipinski definition) is 3. The van der Waals surface area contributed by atoms with Gasteiger partial charge in [0.2, 0.25) is 5.75 Å². The topological polar surface area (TPSA) is 109 Å². The van der Waals surface area contributed by atoms with E-state index in [9.17, 15) is 19.8 Å². The first-order chi connectivity index (χ1) is 15.4. The number of unbranched alkanes of at least 4 members (excludes halogenated alkanes) is 10. The molecule has 1 aliphatic rings. The van der Waals surface area contributed by atoms with Gasteiger partial charge in [0, 0.05) is 11.0 Å². The predicted octanol–water partition coefficient (Wildman–Crippen LogP) is 6.77. The molecule has 7 nitrogen and oxygen atoms in total. The molecule has 182 valence electrons. The molecule has 0 radical (unpaired) electrons. The molecular formula is C25H41NO6. The van der Waals surface area contributed by atoms with Crippen molar-refractivity contribution in [3.05, 3.63) is 17.0 Å². The smallest absolute Gasteiger partial charge is 0.356 e. The van der Waals surface area contributed by atoms with E-state index in [2.05, 4.69) is 18.8 Å². The molecule has 0 unspecified atom stereocenters. The van der Waals surface area contributed by atoms with E-state index >= 15 is 0 Å². The van der Waals surface area contributed by atoms with Crippen molar-refractivity contribution in [2.24, 2.45) is 5.41 Å². The van der Waals surface area contributed by atoms with Crippen molar-refractivity contribution in [1.29, 1.82) is 0 Å². The van der Waals surface area contributed by atoms with Gasteiger partial charge in [-0.1, -0.05) is 90.9 Å². The van der Waals surface area contributed by atoms with Crippen LogP contribution in [0.1, 0.15) is 130 Å². The summed E-state index contributed by atoms with van der Waals surface area (Å²) in [5.41, 5.74) is -0.182. The van der Waals surface area contributed by atoms with Crippen LogP contribution in [0, 0.1) is 5.41 Å². The normalized spacial score (nSPS) is 15.1. The Morgan fingerprint density at radius 2 is 1.31 bits per heavy atom. The van der Waals surface area contributed by atoms with Crippen molar-refractivity contribution >= 4 is 11.9 Å². The maximum Gasteiger partial charge on any atom is 0.356 e. The van der Waals surface area contributed by atoms with Gasteiger partial charge in [0.1, 0.15) is 5.69 Å². The average molecular weight is 452 g/mol. The fourth-order valence-electron chi connectivity index (χ4n) is 4.76. The lowest BCUT2D eigenvalue weighted by molar-refractivity contribution is -0.226. The van der Waals surface area contributed by atoms with E-state index in [0.717, 1.165) is 38.5 Å². The van der Waals surface area contributed by atoms with E-state index in [1.165, 1.54) is 51.4 Å². The molecule has 0 fully saturated rings. The summed E-state index contributed by atoms with van der Waals surface area (Å²) in [4.78, 5) is 36.9. The van der Waals surface area contributed by atoms with Crippen molar-refractivity contribution in [3.8, 4) is 5.75 Å². The van der Waals surface area contributed by atoms with Gasteiger partial charge in [-0.05, 0) is 19.3 Å². The van der Waals surface area contributed by atoms with E-state index in [0.29, 0.717) is 18.6 Å². The first-order valence-corrected chi connectivity index (χ1v) is 12.4. The lowest BCUT2D eigenvalue weighted by atomic mass is 9.74. The van der Waals surface area contributed by atoms with Crippen LogP contribution in [0.2, 0.25) is 0 Å². The zero-order chi connectivity index (χ0) is 23.4. The number of aromatic nitrogens is 1. The molecule has 7 heteroatoms. The number of nitrogens with one attached hydrogen (secondary N) is 1. The second-order valence-electron chi connectivity index (χ2n) is 9.35. The number of aromatic carboxylic acids is 2. The second-order valence-corrected chi connectivity index (χ2v) is 9.35. The summed E-state index contributed by atoms with van der Waals surface area (Å²) in [6.07, 6.45) is 16.5. The van der Waals surface area contributed by atoms with Crippen molar-refractivity contribution in [3.63, 3.8) is 0 Å². The molecule has 0 bridgehead atoms. The zero-order valence-corrected chi connectivity index (χ0v) is 19.8. The van der Waals surface area contributed by atoms with Crippen LogP contribution in [0.15, 0.2) is 0 Å². The number of aromatic amines is 1. The van der Waals surface area contributed by atoms with Gasteiger partial charge in [-0.25, -0.2) is 9.59 Å². The summed E-state index contributed by atoms with van der Waals surface area (Å²) in [6, 6.07) is 0. The third kappa shape index (κ3) is 7.54. The van der Waals surface area contributed by atoms with Gasteiger partial charge in [-0.3, -0.25) is 0 Å². The predicted molar refractivity (Wildman–Crippen MR) is 123 cm³/mol. The molecule has 1 aromatic heterocycles. The van der Waals surface area contributed by atoms with Crippen molar-refractivity contribution in [2.45, 2.75) is 110 Å². The Labute approximate surface area is 191 Å². The monoisotopic (exact) mass is 451 g/mol. The van der Waals surface area contributed by atoms with E-state index in [4.69, 9.17) is 9.78 Å². The molecule has 3 N–H and O–H groups in total. The van der Waals surface area contributed by atoms with Crippen LogP contribution in [0.5, 0.6) is 5.75 Å². The molecule has 0 saturated heterocycles. The van der Waals surface area contributed by atoms with Gasteiger partial charge in [-0.15, -0.1) is 0 Å². The van der Waals surface area contributed by atoms with Crippen LogP contribution < -0.4 is 4.89 Å². The highest BCUT2D eigenvalue weighted by Gasteiger charge is 2.39. The SMILES string of the molecule is CCCCCCCCC1(CCCCCCCC)COOc2c(C(=O)O)[nH]c(C(=O)O)c2C1. The molecule has 0 atom stereocenters. The molecule has 0 aromatic carbocycles. The summed E-state index contributed by atoms with van der Waals surface area (Å²) >= 11 is 0. The third-order valence-corrected chi connectivity index (χ3v) is 6.66. The van der Waals surface area contributed by atoms with Crippen LogP contribution in [0.4, 0.5) is 0 Å². The lowest BCUT2D eigenvalue weighted by Gasteiger charge is -2.31. The summed E-state index contributed by atoms with van der Waals surface area (Å²) in [6.45, 7) is 4.76. The molecule has 0 spiro atoms. The minimum absolute atomic E-state index is 0.0164. The molecule has 1 aliphatic heterocycles. The molecule has 2 heterocycles. The Morgan fingerprint density at radius 1 is 0.812 bits per heavy atom. The van der Waals surface area contributed by atoms with Crippen LogP contribution in [-0.4, -0.2) is 33.7 Å². The number of rotatable bonds is 16. The van der Waals surface area contributed by atoms with Gasteiger partial charge in [0.05, 0.1) is 6.61 Å². The highest BCUT2D eigenvalue weighted by molar-refractivity contribution is 5.96. The number of carbonyl (C=O) groups is 2. The van der Waals surface area contributed by atoms with Gasteiger partial charge in [0.25, 0.3) is 0 Å². The highest BCUT2D eigenvalue weighted by Crippen LogP contribution is 2.43. The van der Waals surface area contributed by atoms with Crippen LogP contribution in [0.3, 0.4) is 0 Å². The zero-order valence-electron chi connectivity index (χ0n) is 19.8. The molecule has 0 saturated carbocycles. The quantitative estimate of drug-likeness (QED) is 0.189. The Bertz CT molecular complexity index is 710. The molecule has 32 heavy (non-hydrogen) atoms. The fraction of sp³-hybridized carbons (Fsp3) is 0.760. The second kappa shape index (κ2) is 13.5. The van der Waals surface area contributed by atoms with Crippen molar-refractivity contribution in [2.75, 3.05) is 6.61 Å². The van der Waals surface area contributed by atoms with Crippen LogP contribution in [-0.2, 0) is 11.3 Å². The standard InChI is InChI=1S/C25H41NO6/c1-3-5-7-9-11-13-15-25(16-14-12-10-8-6-4-2)17-19-20(23(27)28)26-21(24(29)30)22(19)32-31-18-25/h26H,3-18H2,1-2H3,(H,27,28)(H,29,30). The van der Waals surface area contributed by atoms with Crippen LogP contribution >= 0.6 is 0 Å². The average Bonchev–Trinajstić information content (AvgIpc) is 3.01. The Hall–Kier alpha value is -2.02. The number of hydrogen-bond acceptors (Lipinski definition) is 4. The van der Waals surface area contributed by atoms with E-state index < -0.39 is 11.9 Å². The number of carboxylic acid groups (broad SMARTS) is 2. The fourth-order valence-corrected chi connectivity index (χ4v) is 4.76. The Balaban J connectivity index is 2.16. The minimum Gasteiger partial charge on any atom is -0.477 e.